The summed E-state index contributed by atoms with van der Waals surface area (Å²) in [5, 5.41) is 9.73. The van der Waals surface area contributed by atoms with E-state index in [-0.39, 0.29) is 6.04 Å². The normalized spacial score (nSPS) is 14.9. The maximum absolute atomic E-state index is 9.73. The minimum Gasteiger partial charge on any atom is -0.496 e. The molecule has 3 N–H and O–H groups in total. The third-order valence-corrected chi connectivity index (χ3v) is 2.27. The van der Waals surface area contributed by atoms with Crippen molar-refractivity contribution in [2.45, 2.75) is 26.0 Å². The van der Waals surface area contributed by atoms with Crippen LogP contribution in [-0.4, -0.2) is 18.3 Å². The van der Waals surface area contributed by atoms with E-state index in [2.05, 4.69) is 0 Å². The zero-order valence-electron chi connectivity index (χ0n) is 8.82. The molecule has 1 aromatic rings. The second kappa shape index (κ2) is 4.44. The van der Waals surface area contributed by atoms with Crippen LogP contribution in [0, 0.1) is 6.92 Å². The Balaban J connectivity index is 3.00. The molecule has 14 heavy (non-hydrogen) atoms. The SMILES string of the molecule is COc1cc([C@@H](O)[C@H](C)N)ccc1C. The summed E-state index contributed by atoms with van der Waals surface area (Å²) in [7, 11) is 1.62. The topological polar surface area (TPSA) is 55.5 Å². The number of aryl methyl sites for hydroxylation is 1. The standard InChI is InChI=1S/C11H17NO2/c1-7-4-5-9(6-10(7)14-3)11(13)8(2)12/h4-6,8,11,13H,12H2,1-3H3/t8-,11-/m0/s1. The van der Waals surface area contributed by atoms with Crippen molar-refractivity contribution in [3.05, 3.63) is 29.3 Å². The van der Waals surface area contributed by atoms with E-state index in [0.29, 0.717) is 0 Å². The number of hydrogen-bond donors (Lipinski definition) is 2. The average Bonchev–Trinajstić information content (AvgIpc) is 2.17. The highest BCUT2D eigenvalue weighted by molar-refractivity contribution is 5.37. The van der Waals surface area contributed by atoms with Gasteiger partial charge >= 0.3 is 0 Å². The molecule has 2 atom stereocenters. The van der Waals surface area contributed by atoms with Gasteiger partial charge in [-0.15, -0.1) is 0 Å². The van der Waals surface area contributed by atoms with E-state index in [0.717, 1.165) is 16.9 Å². The molecule has 1 rings (SSSR count). The van der Waals surface area contributed by atoms with E-state index in [1.165, 1.54) is 0 Å². The van der Waals surface area contributed by atoms with Crippen LogP contribution in [0.2, 0.25) is 0 Å². The first-order valence-electron chi connectivity index (χ1n) is 4.64. The van der Waals surface area contributed by atoms with Crippen LogP contribution >= 0.6 is 0 Å². The van der Waals surface area contributed by atoms with Crippen LogP contribution in [0.3, 0.4) is 0 Å². The number of methoxy groups -OCH3 is 1. The molecule has 0 radical (unpaired) electrons. The molecule has 3 heteroatoms. The average molecular weight is 195 g/mol. The Morgan fingerprint density at radius 3 is 2.57 bits per heavy atom. The molecule has 0 aliphatic heterocycles. The summed E-state index contributed by atoms with van der Waals surface area (Å²) in [5.74, 6) is 0.780. The van der Waals surface area contributed by atoms with Gasteiger partial charge in [-0.25, -0.2) is 0 Å². The van der Waals surface area contributed by atoms with E-state index in [1.54, 1.807) is 14.0 Å². The van der Waals surface area contributed by atoms with Crippen molar-refractivity contribution in [1.29, 1.82) is 0 Å². The Labute approximate surface area is 84.5 Å². The van der Waals surface area contributed by atoms with Crippen LogP contribution in [-0.2, 0) is 0 Å². The third-order valence-electron chi connectivity index (χ3n) is 2.27. The van der Waals surface area contributed by atoms with E-state index < -0.39 is 6.10 Å². The molecule has 0 aromatic heterocycles. The Kier molecular flexibility index (Phi) is 3.49. The zero-order chi connectivity index (χ0) is 10.7. The molecule has 3 nitrogen and oxygen atoms in total. The number of aliphatic hydroxyl groups excluding tert-OH is 1. The number of hydrogen-bond acceptors (Lipinski definition) is 3. The van der Waals surface area contributed by atoms with Crippen LogP contribution in [0.5, 0.6) is 5.75 Å². The first-order valence-corrected chi connectivity index (χ1v) is 4.64. The Hall–Kier alpha value is -1.06. The molecule has 0 aliphatic carbocycles. The van der Waals surface area contributed by atoms with Gasteiger partial charge < -0.3 is 15.6 Å². The number of nitrogens with two attached hydrogens (primary N) is 1. The van der Waals surface area contributed by atoms with Gasteiger partial charge in [0.2, 0.25) is 0 Å². The van der Waals surface area contributed by atoms with E-state index >= 15 is 0 Å². The lowest BCUT2D eigenvalue weighted by molar-refractivity contribution is 0.153. The number of aliphatic hydroxyl groups is 1. The molecule has 0 heterocycles. The summed E-state index contributed by atoms with van der Waals surface area (Å²) in [6.45, 7) is 3.73. The smallest absolute Gasteiger partial charge is 0.122 e. The molecule has 0 saturated carbocycles. The Morgan fingerprint density at radius 1 is 1.43 bits per heavy atom. The lowest BCUT2D eigenvalue weighted by Crippen LogP contribution is -2.24. The summed E-state index contributed by atoms with van der Waals surface area (Å²) >= 11 is 0. The summed E-state index contributed by atoms with van der Waals surface area (Å²) in [4.78, 5) is 0. The molecular weight excluding hydrogens is 178 g/mol. The van der Waals surface area contributed by atoms with Gasteiger partial charge in [-0.3, -0.25) is 0 Å². The quantitative estimate of drug-likeness (QED) is 0.766. The highest BCUT2D eigenvalue weighted by atomic mass is 16.5. The van der Waals surface area contributed by atoms with Crippen molar-refractivity contribution in [2.75, 3.05) is 7.11 Å². The van der Waals surface area contributed by atoms with Crippen molar-refractivity contribution in [3.8, 4) is 5.75 Å². The molecule has 0 spiro atoms. The Bertz CT molecular complexity index is 310. The molecule has 0 unspecified atom stereocenters. The molecule has 0 aliphatic rings. The molecule has 0 amide bonds. The second-order valence-electron chi connectivity index (χ2n) is 3.53. The van der Waals surface area contributed by atoms with Gasteiger partial charge in [0, 0.05) is 6.04 Å². The fourth-order valence-corrected chi connectivity index (χ4v) is 1.32. The molecular formula is C11H17NO2. The number of ether oxygens (including phenoxy) is 1. The van der Waals surface area contributed by atoms with Crippen molar-refractivity contribution >= 4 is 0 Å². The predicted octanol–water partition coefficient (Wildman–Crippen LogP) is 1.38. The van der Waals surface area contributed by atoms with Crippen LogP contribution in [0.15, 0.2) is 18.2 Å². The first kappa shape index (κ1) is 11.0. The van der Waals surface area contributed by atoms with Crippen molar-refractivity contribution < 1.29 is 9.84 Å². The van der Waals surface area contributed by atoms with E-state index in [1.807, 2.05) is 25.1 Å². The number of rotatable bonds is 3. The highest BCUT2D eigenvalue weighted by Gasteiger charge is 2.13. The fourth-order valence-electron chi connectivity index (χ4n) is 1.32. The minimum absolute atomic E-state index is 0.276. The largest absolute Gasteiger partial charge is 0.496 e. The molecule has 0 saturated heterocycles. The molecule has 0 fully saturated rings. The van der Waals surface area contributed by atoms with Gasteiger partial charge in [0.25, 0.3) is 0 Å². The maximum Gasteiger partial charge on any atom is 0.122 e. The van der Waals surface area contributed by atoms with Crippen molar-refractivity contribution in [1.82, 2.24) is 0 Å². The lowest BCUT2D eigenvalue weighted by Gasteiger charge is -2.16. The van der Waals surface area contributed by atoms with Crippen LogP contribution in [0.25, 0.3) is 0 Å². The van der Waals surface area contributed by atoms with Gasteiger partial charge in [-0.1, -0.05) is 12.1 Å². The van der Waals surface area contributed by atoms with Crippen molar-refractivity contribution in [3.63, 3.8) is 0 Å². The zero-order valence-corrected chi connectivity index (χ0v) is 8.82. The van der Waals surface area contributed by atoms with Gasteiger partial charge in [0.05, 0.1) is 13.2 Å². The van der Waals surface area contributed by atoms with Crippen molar-refractivity contribution in [2.24, 2.45) is 5.73 Å². The predicted molar refractivity (Wildman–Crippen MR) is 56.3 cm³/mol. The number of benzene rings is 1. The highest BCUT2D eigenvalue weighted by Crippen LogP contribution is 2.24. The third kappa shape index (κ3) is 2.25. The summed E-state index contributed by atoms with van der Waals surface area (Å²) in [6, 6.07) is 5.33. The molecule has 0 bridgehead atoms. The van der Waals surface area contributed by atoms with Gasteiger partial charge in [0.15, 0.2) is 0 Å². The first-order chi connectivity index (χ1) is 6.56. The summed E-state index contributed by atoms with van der Waals surface area (Å²) < 4.78 is 5.16. The van der Waals surface area contributed by atoms with Gasteiger partial charge in [0.1, 0.15) is 5.75 Å². The van der Waals surface area contributed by atoms with Crippen LogP contribution in [0.1, 0.15) is 24.2 Å². The maximum atomic E-state index is 9.73. The summed E-state index contributed by atoms with van der Waals surface area (Å²) in [5.41, 5.74) is 7.45. The second-order valence-corrected chi connectivity index (χ2v) is 3.53. The molecule has 78 valence electrons. The van der Waals surface area contributed by atoms with Crippen LogP contribution in [0.4, 0.5) is 0 Å². The molecule has 1 aromatic carbocycles. The summed E-state index contributed by atoms with van der Waals surface area (Å²) in [6.07, 6.45) is -0.635. The monoisotopic (exact) mass is 195 g/mol. The minimum atomic E-state index is -0.635. The van der Waals surface area contributed by atoms with E-state index in [9.17, 15) is 5.11 Å². The van der Waals surface area contributed by atoms with Crippen LogP contribution < -0.4 is 10.5 Å². The fraction of sp³-hybridized carbons (Fsp3) is 0.455. The van der Waals surface area contributed by atoms with E-state index in [4.69, 9.17) is 10.5 Å². The lowest BCUT2D eigenvalue weighted by atomic mass is 10.0. The van der Waals surface area contributed by atoms with Gasteiger partial charge in [-0.05, 0) is 31.0 Å². The van der Waals surface area contributed by atoms with Gasteiger partial charge in [-0.2, -0.15) is 0 Å². The Morgan fingerprint density at radius 2 is 2.07 bits per heavy atom.